The van der Waals surface area contributed by atoms with E-state index in [1.165, 1.54) is 11.8 Å². The third kappa shape index (κ3) is 4.95. The molecular formula is C24H25ClN6O2S. The minimum Gasteiger partial charge on any atom is -0.496 e. The fourth-order valence-electron chi connectivity index (χ4n) is 3.44. The highest BCUT2D eigenvalue weighted by atomic mass is 35.5. The summed E-state index contributed by atoms with van der Waals surface area (Å²) in [4.78, 5) is 13.0. The number of thioether (sulfide) groups is 1. The van der Waals surface area contributed by atoms with Crippen molar-refractivity contribution in [3.63, 3.8) is 0 Å². The molecule has 4 aromatic rings. The maximum absolute atomic E-state index is 13.0. The summed E-state index contributed by atoms with van der Waals surface area (Å²) in [6, 6.07) is 16.9. The monoisotopic (exact) mass is 496 g/mol. The van der Waals surface area contributed by atoms with Gasteiger partial charge in [-0.05, 0) is 57.2 Å². The summed E-state index contributed by atoms with van der Waals surface area (Å²) >= 11 is 7.44. The summed E-state index contributed by atoms with van der Waals surface area (Å²) in [5.74, 6) is 1.78. The number of rotatable bonds is 8. The maximum Gasteiger partial charge on any atom is 0.238 e. The lowest BCUT2D eigenvalue weighted by Crippen LogP contribution is -2.25. The first-order chi connectivity index (χ1) is 16.4. The van der Waals surface area contributed by atoms with Crippen molar-refractivity contribution in [2.45, 2.75) is 37.2 Å². The second-order valence-electron chi connectivity index (χ2n) is 7.82. The van der Waals surface area contributed by atoms with Crippen molar-refractivity contribution in [2.75, 3.05) is 12.4 Å². The van der Waals surface area contributed by atoms with E-state index in [1.807, 2.05) is 61.7 Å². The first-order valence-electron chi connectivity index (χ1n) is 10.7. The highest BCUT2D eigenvalue weighted by Crippen LogP contribution is 2.34. The van der Waals surface area contributed by atoms with Gasteiger partial charge in [-0.1, -0.05) is 35.5 Å². The van der Waals surface area contributed by atoms with Crippen LogP contribution in [-0.2, 0) is 4.79 Å². The molecule has 8 nitrogen and oxygen atoms in total. The summed E-state index contributed by atoms with van der Waals surface area (Å²) in [6.45, 7) is 5.85. The van der Waals surface area contributed by atoms with E-state index in [0.29, 0.717) is 27.6 Å². The minimum atomic E-state index is -0.448. The van der Waals surface area contributed by atoms with Gasteiger partial charge in [0.1, 0.15) is 11.6 Å². The zero-order valence-electron chi connectivity index (χ0n) is 19.3. The molecule has 34 heavy (non-hydrogen) atoms. The average Bonchev–Trinajstić information content (AvgIpc) is 3.46. The van der Waals surface area contributed by atoms with Crippen LogP contribution in [0.5, 0.6) is 5.75 Å². The molecule has 0 radical (unpaired) electrons. The van der Waals surface area contributed by atoms with Crippen LogP contribution in [0.25, 0.3) is 17.1 Å². The molecule has 1 amide bonds. The number of aromatic nitrogens is 5. The molecular weight excluding hydrogens is 472 g/mol. The quantitative estimate of drug-likeness (QED) is 0.324. The molecule has 10 heteroatoms. The Labute approximate surface area is 207 Å². The number of benzene rings is 2. The third-order valence-electron chi connectivity index (χ3n) is 5.13. The summed E-state index contributed by atoms with van der Waals surface area (Å²) < 4.78 is 9.22. The van der Waals surface area contributed by atoms with Crippen molar-refractivity contribution in [3.8, 4) is 22.8 Å². The van der Waals surface area contributed by atoms with Gasteiger partial charge in [-0.2, -0.15) is 5.10 Å². The smallest absolute Gasteiger partial charge is 0.238 e. The normalized spacial score (nSPS) is 12.1. The second kappa shape index (κ2) is 10.3. The largest absolute Gasteiger partial charge is 0.496 e. The number of nitrogens with zero attached hydrogens (tertiary/aromatic N) is 5. The van der Waals surface area contributed by atoms with Gasteiger partial charge in [0.05, 0.1) is 24.1 Å². The molecule has 2 aromatic carbocycles. The van der Waals surface area contributed by atoms with Crippen LogP contribution in [0.15, 0.2) is 66.0 Å². The van der Waals surface area contributed by atoms with Crippen LogP contribution in [-0.4, -0.2) is 42.8 Å². The molecule has 1 unspecified atom stereocenters. The Kier molecular flexibility index (Phi) is 7.23. The molecule has 176 valence electrons. The molecule has 1 N–H and O–H groups in total. The molecule has 0 aliphatic rings. The number of hydrogen-bond acceptors (Lipinski definition) is 6. The van der Waals surface area contributed by atoms with E-state index in [2.05, 4.69) is 20.6 Å². The van der Waals surface area contributed by atoms with Gasteiger partial charge < -0.3 is 10.1 Å². The first kappa shape index (κ1) is 23.8. The Morgan fingerprint density at radius 1 is 1.06 bits per heavy atom. The minimum absolute atomic E-state index is 0.129. The number of nitrogens with one attached hydrogen (secondary N) is 1. The van der Waals surface area contributed by atoms with E-state index < -0.39 is 5.25 Å². The Morgan fingerprint density at radius 3 is 2.50 bits per heavy atom. The molecule has 4 rings (SSSR count). The van der Waals surface area contributed by atoms with E-state index in [0.717, 1.165) is 11.3 Å². The maximum atomic E-state index is 13.0. The lowest BCUT2D eigenvalue weighted by Gasteiger charge is -2.16. The van der Waals surface area contributed by atoms with Gasteiger partial charge in [-0.15, -0.1) is 10.2 Å². The third-order valence-corrected chi connectivity index (χ3v) is 6.42. The fourth-order valence-corrected chi connectivity index (χ4v) is 4.43. The molecule has 0 saturated heterocycles. The summed E-state index contributed by atoms with van der Waals surface area (Å²) in [6.07, 6.45) is 1.67. The number of methoxy groups -OCH3 is 1. The number of carbonyl (C=O) groups excluding carboxylic acids is 1. The number of halogens is 1. The SMILES string of the molecule is COc1ccccc1-c1nnc(SC(C)C(=O)Nc2ccnn2C(C)C)n1-c1ccc(Cl)cc1. The van der Waals surface area contributed by atoms with Crippen LogP contribution in [0.4, 0.5) is 5.82 Å². The van der Waals surface area contributed by atoms with Crippen molar-refractivity contribution in [2.24, 2.45) is 0 Å². The number of para-hydroxylation sites is 1. The van der Waals surface area contributed by atoms with E-state index >= 15 is 0 Å². The zero-order chi connectivity index (χ0) is 24.2. The van der Waals surface area contributed by atoms with Crippen molar-refractivity contribution < 1.29 is 9.53 Å². The van der Waals surface area contributed by atoms with Crippen molar-refractivity contribution in [3.05, 3.63) is 65.8 Å². The van der Waals surface area contributed by atoms with Crippen molar-refractivity contribution in [1.82, 2.24) is 24.5 Å². The van der Waals surface area contributed by atoms with Crippen molar-refractivity contribution in [1.29, 1.82) is 0 Å². The van der Waals surface area contributed by atoms with E-state index in [9.17, 15) is 4.79 Å². The Bertz CT molecular complexity index is 1280. The molecule has 1 atom stereocenters. The van der Waals surface area contributed by atoms with Gasteiger partial charge in [-0.3, -0.25) is 9.36 Å². The van der Waals surface area contributed by atoms with E-state index in [-0.39, 0.29) is 11.9 Å². The standard InChI is InChI=1S/C24H25ClN6O2S/c1-15(2)31-21(13-14-26-31)27-23(32)16(3)34-24-29-28-22(19-7-5-6-8-20(19)33-4)30(24)18-11-9-17(25)10-12-18/h5-16H,1-4H3,(H,27,32). The molecule has 0 bridgehead atoms. The zero-order valence-corrected chi connectivity index (χ0v) is 20.8. The predicted octanol–water partition coefficient (Wildman–Crippen LogP) is 5.49. The number of anilines is 1. The van der Waals surface area contributed by atoms with Crippen LogP contribution >= 0.6 is 23.4 Å². The first-order valence-corrected chi connectivity index (χ1v) is 12.0. The number of carbonyl (C=O) groups is 1. The molecule has 2 heterocycles. The van der Waals surface area contributed by atoms with E-state index in [4.69, 9.17) is 16.3 Å². The number of hydrogen-bond donors (Lipinski definition) is 1. The summed E-state index contributed by atoms with van der Waals surface area (Å²) in [7, 11) is 1.62. The highest BCUT2D eigenvalue weighted by molar-refractivity contribution is 8.00. The summed E-state index contributed by atoms with van der Waals surface area (Å²) in [5, 5.41) is 16.9. The molecule has 0 fully saturated rings. The molecule has 0 spiro atoms. The predicted molar refractivity (Wildman–Crippen MR) is 135 cm³/mol. The average molecular weight is 497 g/mol. The van der Waals surface area contributed by atoms with Crippen LogP contribution in [0.1, 0.15) is 26.8 Å². The van der Waals surface area contributed by atoms with Crippen LogP contribution in [0, 0.1) is 0 Å². The molecule has 0 saturated carbocycles. The van der Waals surface area contributed by atoms with Gasteiger partial charge in [-0.25, -0.2) is 4.68 Å². The number of amides is 1. The van der Waals surface area contributed by atoms with Gasteiger partial charge in [0, 0.05) is 22.8 Å². The second-order valence-corrected chi connectivity index (χ2v) is 9.57. The number of ether oxygens (including phenoxy) is 1. The van der Waals surface area contributed by atoms with Crippen molar-refractivity contribution >= 4 is 35.1 Å². The molecule has 0 aliphatic heterocycles. The van der Waals surface area contributed by atoms with Gasteiger partial charge >= 0.3 is 0 Å². The van der Waals surface area contributed by atoms with Gasteiger partial charge in [0.15, 0.2) is 11.0 Å². The van der Waals surface area contributed by atoms with Crippen LogP contribution in [0.3, 0.4) is 0 Å². The van der Waals surface area contributed by atoms with E-state index in [1.54, 1.807) is 36.2 Å². The fraction of sp³-hybridized carbons (Fsp3) is 0.250. The van der Waals surface area contributed by atoms with Crippen LogP contribution < -0.4 is 10.1 Å². The lowest BCUT2D eigenvalue weighted by atomic mass is 10.2. The van der Waals surface area contributed by atoms with Crippen LogP contribution in [0.2, 0.25) is 5.02 Å². The Hall–Kier alpha value is -3.30. The lowest BCUT2D eigenvalue weighted by molar-refractivity contribution is -0.115. The Morgan fingerprint density at radius 2 is 1.79 bits per heavy atom. The molecule has 2 aromatic heterocycles. The topological polar surface area (TPSA) is 86.9 Å². The summed E-state index contributed by atoms with van der Waals surface area (Å²) in [5.41, 5.74) is 1.61. The molecule has 0 aliphatic carbocycles. The van der Waals surface area contributed by atoms with Gasteiger partial charge in [0.25, 0.3) is 0 Å². The highest BCUT2D eigenvalue weighted by Gasteiger charge is 2.24. The van der Waals surface area contributed by atoms with Gasteiger partial charge in [0.2, 0.25) is 5.91 Å². The Balaban J connectivity index is 1.67.